The highest BCUT2D eigenvalue weighted by molar-refractivity contribution is 5.89. The number of carbonyl (C=O) groups is 2. The van der Waals surface area contributed by atoms with Gasteiger partial charge in [0.2, 0.25) is 11.8 Å². The molecule has 19 heavy (non-hydrogen) atoms. The average Bonchev–Trinajstić information content (AvgIpc) is 3.20. The van der Waals surface area contributed by atoms with Crippen LogP contribution in [0.15, 0.2) is 0 Å². The second-order valence-electron chi connectivity index (χ2n) is 5.50. The van der Waals surface area contributed by atoms with E-state index >= 15 is 0 Å². The van der Waals surface area contributed by atoms with Crippen molar-refractivity contribution in [3.8, 4) is 0 Å². The molecule has 1 unspecified atom stereocenters. The molecule has 1 aliphatic carbocycles. The number of rotatable bonds is 7. The lowest BCUT2D eigenvalue weighted by atomic mass is 10.1. The zero-order valence-corrected chi connectivity index (χ0v) is 11.7. The predicted octanol–water partition coefficient (Wildman–Crippen LogP) is 0.930. The minimum absolute atomic E-state index is 0.0202. The van der Waals surface area contributed by atoms with Gasteiger partial charge in [-0.1, -0.05) is 13.3 Å². The van der Waals surface area contributed by atoms with Crippen molar-refractivity contribution in [3.05, 3.63) is 0 Å². The van der Waals surface area contributed by atoms with Crippen molar-refractivity contribution in [1.82, 2.24) is 10.2 Å². The molecule has 0 radical (unpaired) electrons. The molecule has 0 spiro atoms. The molecule has 1 saturated carbocycles. The highest BCUT2D eigenvalue weighted by Crippen LogP contribution is 2.28. The summed E-state index contributed by atoms with van der Waals surface area (Å²) in [5.74, 6) is 0.770. The van der Waals surface area contributed by atoms with Crippen LogP contribution < -0.4 is 5.32 Å². The summed E-state index contributed by atoms with van der Waals surface area (Å²) in [5, 5.41) is 2.81. The first-order valence-corrected chi connectivity index (χ1v) is 7.36. The van der Waals surface area contributed by atoms with Crippen molar-refractivity contribution in [2.24, 2.45) is 5.92 Å². The van der Waals surface area contributed by atoms with Crippen LogP contribution >= 0.6 is 0 Å². The van der Waals surface area contributed by atoms with Gasteiger partial charge in [-0.05, 0) is 25.2 Å². The zero-order valence-electron chi connectivity index (χ0n) is 11.7. The molecule has 5 nitrogen and oxygen atoms in total. The van der Waals surface area contributed by atoms with Gasteiger partial charge in [-0.15, -0.1) is 0 Å². The second-order valence-corrected chi connectivity index (χ2v) is 5.50. The molecule has 1 N–H and O–H groups in total. The Morgan fingerprint density at radius 3 is 2.84 bits per heavy atom. The van der Waals surface area contributed by atoms with Crippen molar-refractivity contribution in [2.45, 2.75) is 45.1 Å². The summed E-state index contributed by atoms with van der Waals surface area (Å²) in [6.07, 6.45) is 4.56. The molecule has 0 aromatic heterocycles. The van der Waals surface area contributed by atoms with Crippen LogP contribution in [0.1, 0.15) is 39.0 Å². The van der Waals surface area contributed by atoms with E-state index in [1.165, 1.54) is 12.8 Å². The van der Waals surface area contributed by atoms with E-state index in [1.54, 1.807) is 4.90 Å². The van der Waals surface area contributed by atoms with E-state index in [0.717, 1.165) is 18.9 Å². The van der Waals surface area contributed by atoms with E-state index in [4.69, 9.17) is 4.74 Å². The summed E-state index contributed by atoms with van der Waals surface area (Å²) in [4.78, 5) is 25.6. The van der Waals surface area contributed by atoms with Crippen LogP contribution in [0.5, 0.6) is 0 Å². The maximum atomic E-state index is 12.3. The summed E-state index contributed by atoms with van der Waals surface area (Å²) >= 11 is 0. The van der Waals surface area contributed by atoms with Crippen molar-refractivity contribution in [3.63, 3.8) is 0 Å². The van der Waals surface area contributed by atoms with Crippen LogP contribution in [-0.4, -0.2) is 49.1 Å². The van der Waals surface area contributed by atoms with E-state index in [0.29, 0.717) is 32.5 Å². The monoisotopic (exact) mass is 268 g/mol. The van der Waals surface area contributed by atoms with Crippen molar-refractivity contribution in [2.75, 3.05) is 26.3 Å². The van der Waals surface area contributed by atoms with Gasteiger partial charge < -0.3 is 15.0 Å². The van der Waals surface area contributed by atoms with E-state index in [2.05, 4.69) is 5.32 Å². The molecule has 2 rings (SSSR count). The summed E-state index contributed by atoms with van der Waals surface area (Å²) in [6.45, 7) is 4.53. The molecule has 2 amide bonds. The second kappa shape index (κ2) is 6.89. The quantitative estimate of drug-likeness (QED) is 0.699. The Hall–Kier alpha value is -1.10. The number of hydrogen-bond acceptors (Lipinski definition) is 3. The molecule has 0 bridgehead atoms. The Labute approximate surface area is 114 Å². The van der Waals surface area contributed by atoms with Gasteiger partial charge in [0.05, 0.1) is 6.61 Å². The van der Waals surface area contributed by atoms with Crippen molar-refractivity contribution >= 4 is 11.8 Å². The summed E-state index contributed by atoms with van der Waals surface area (Å²) < 4.78 is 5.57. The van der Waals surface area contributed by atoms with Crippen LogP contribution in [0.2, 0.25) is 0 Å². The predicted molar refractivity (Wildman–Crippen MR) is 71.6 cm³/mol. The molecular weight excluding hydrogens is 244 g/mol. The number of carbonyl (C=O) groups excluding carboxylic acids is 2. The molecule has 108 valence electrons. The smallest absolute Gasteiger partial charge is 0.245 e. The molecule has 0 aromatic rings. The van der Waals surface area contributed by atoms with Crippen LogP contribution in [-0.2, 0) is 14.3 Å². The lowest BCUT2D eigenvalue weighted by molar-refractivity contribution is -0.134. The van der Waals surface area contributed by atoms with Gasteiger partial charge in [-0.2, -0.15) is 0 Å². The van der Waals surface area contributed by atoms with Gasteiger partial charge in [0.15, 0.2) is 0 Å². The third-order valence-electron chi connectivity index (χ3n) is 3.69. The Kier molecular flexibility index (Phi) is 5.19. The fraction of sp³-hybridized carbons (Fsp3) is 0.857. The molecule has 1 atom stereocenters. The number of nitrogens with one attached hydrogen (secondary N) is 1. The normalized spacial score (nSPS) is 24.3. The third kappa shape index (κ3) is 4.49. The molecule has 2 aliphatic rings. The number of hydrogen-bond donors (Lipinski definition) is 1. The van der Waals surface area contributed by atoms with Crippen LogP contribution in [0.4, 0.5) is 0 Å². The van der Waals surface area contributed by atoms with Gasteiger partial charge >= 0.3 is 0 Å². The van der Waals surface area contributed by atoms with Gasteiger partial charge in [0, 0.05) is 26.1 Å². The highest BCUT2D eigenvalue weighted by atomic mass is 16.5. The Balaban J connectivity index is 1.78. The zero-order chi connectivity index (χ0) is 13.7. The lowest BCUT2D eigenvalue weighted by Crippen LogP contribution is -2.45. The molecule has 0 aromatic carbocycles. The van der Waals surface area contributed by atoms with Gasteiger partial charge in [-0.3, -0.25) is 9.59 Å². The topological polar surface area (TPSA) is 58.6 Å². The van der Waals surface area contributed by atoms with Crippen LogP contribution in [0, 0.1) is 5.92 Å². The van der Waals surface area contributed by atoms with Gasteiger partial charge in [0.1, 0.15) is 6.04 Å². The number of amides is 2. The molecule has 5 heteroatoms. The first kappa shape index (κ1) is 14.3. The summed E-state index contributed by atoms with van der Waals surface area (Å²) in [6, 6.07) is -0.344. The van der Waals surface area contributed by atoms with E-state index in [9.17, 15) is 9.59 Å². The summed E-state index contributed by atoms with van der Waals surface area (Å²) in [7, 11) is 0. The van der Waals surface area contributed by atoms with E-state index < -0.39 is 0 Å². The van der Waals surface area contributed by atoms with Crippen LogP contribution in [0.3, 0.4) is 0 Å². The van der Waals surface area contributed by atoms with Crippen LogP contribution in [0.25, 0.3) is 0 Å². The fourth-order valence-corrected chi connectivity index (χ4v) is 2.31. The van der Waals surface area contributed by atoms with Crippen molar-refractivity contribution in [1.29, 1.82) is 0 Å². The Morgan fingerprint density at radius 2 is 2.16 bits per heavy atom. The Morgan fingerprint density at radius 1 is 1.37 bits per heavy atom. The fourth-order valence-electron chi connectivity index (χ4n) is 2.31. The largest absolute Gasteiger partial charge is 0.379 e. The standard InChI is InChI=1S/C14H24N2O3/c1-2-3-12-14(18)16(7-6-13(17)15-12)8-9-19-10-11-4-5-11/h11-12H,2-10H2,1H3,(H,15,17). The number of ether oxygens (including phenoxy) is 1. The molecule has 1 aliphatic heterocycles. The van der Waals surface area contributed by atoms with Crippen molar-refractivity contribution < 1.29 is 14.3 Å². The molecular formula is C14H24N2O3. The average molecular weight is 268 g/mol. The third-order valence-corrected chi connectivity index (χ3v) is 3.69. The van der Waals surface area contributed by atoms with E-state index in [1.807, 2.05) is 6.92 Å². The minimum Gasteiger partial charge on any atom is -0.379 e. The maximum Gasteiger partial charge on any atom is 0.245 e. The molecule has 2 fully saturated rings. The SMILES string of the molecule is CCCC1NC(=O)CCN(CCOCC2CC2)C1=O. The molecule has 1 saturated heterocycles. The number of nitrogens with zero attached hydrogens (tertiary/aromatic N) is 1. The minimum atomic E-state index is -0.344. The summed E-state index contributed by atoms with van der Waals surface area (Å²) in [5.41, 5.74) is 0. The maximum absolute atomic E-state index is 12.3. The van der Waals surface area contributed by atoms with E-state index in [-0.39, 0.29) is 17.9 Å². The van der Waals surface area contributed by atoms with Gasteiger partial charge in [-0.25, -0.2) is 0 Å². The first-order valence-electron chi connectivity index (χ1n) is 7.36. The molecule has 1 heterocycles. The highest BCUT2D eigenvalue weighted by Gasteiger charge is 2.29. The van der Waals surface area contributed by atoms with Gasteiger partial charge in [0.25, 0.3) is 0 Å². The first-order chi connectivity index (χ1) is 9.20. The lowest BCUT2D eigenvalue weighted by Gasteiger charge is -2.23. The Bertz CT molecular complexity index is 329.